The van der Waals surface area contributed by atoms with Gasteiger partial charge in [0.15, 0.2) is 0 Å². The molecule has 2 unspecified atom stereocenters. The molecule has 0 spiro atoms. The van der Waals surface area contributed by atoms with Gasteiger partial charge in [-0.25, -0.2) is 0 Å². The Bertz CT molecular complexity index is 369. The highest BCUT2D eigenvalue weighted by Crippen LogP contribution is 2.47. The van der Waals surface area contributed by atoms with Gasteiger partial charge in [-0.3, -0.25) is 4.79 Å². The van der Waals surface area contributed by atoms with E-state index >= 15 is 0 Å². The molecule has 0 aromatic rings. The first-order chi connectivity index (χ1) is 8.80. The third kappa shape index (κ3) is 2.85. The molecule has 0 aliphatic carbocycles. The standard InChI is InChI=1S/C11H14F7NO/c1-6-3-7(2)5-19(4-6)8(20)9(12,13)10(14,15)11(16,17)18/h6-7H,3-5H2,1-2H3. The van der Waals surface area contributed by atoms with Crippen LogP contribution >= 0.6 is 0 Å². The summed E-state index contributed by atoms with van der Waals surface area (Å²) in [4.78, 5) is 11.8. The summed E-state index contributed by atoms with van der Waals surface area (Å²) in [7, 11) is 0. The SMILES string of the molecule is CC1CC(C)CN(C(=O)C(F)(F)C(F)(F)C(F)(F)F)C1. The fraction of sp³-hybridized carbons (Fsp3) is 0.909. The smallest absolute Gasteiger partial charge is 0.337 e. The highest BCUT2D eigenvalue weighted by molar-refractivity contribution is 5.85. The molecule has 1 heterocycles. The van der Waals surface area contributed by atoms with Crippen LogP contribution in [-0.4, -0.2) is 41.9 Å². The van der Waals surface area contributed by atoms with Gasteiger partial charge in [0.25, 0.3) is 5.91 Å². The van der Waals surface area contributed by atoms with Gasteiger partial charge in [0.2, 0.25) is 0 Å². The van der Waals surface area contributed by atoms with Crippen LogP contribution in [-0.2, 0) is 4.79 Å². The van der Waals surface area contributed by atoms with Gasteiger partial charge in [0, 0.05) is 13.1 Å². The zero-order valence-corrected chi connectivity index (χ0v) is 10.8. The normalized spacial score (nSPS) is 25.8. The Morgan fingerprint density at radius 2 is 1.35 bits per heavy atom. The van der Waals surface area contributed by atoms with Crippen molar-refractivity contribution in [3.63, 3.8) is 0 Å². The number of carbonyl (C=O) groups is 1. The Labute approximate surface area is 110 Å². The van der Waals surface area contributed by atoms with Gasteiger partial charge >= 0.3 is 18.0 Å². The topological polar surface area (TPSA) is 20.3 Å². The Morgan fingerprint density at radius 1 is 0.950 bits per heavy atom. The van der Waals surface area contributed by atoms with Gasteiger partial charge in [0.05, 0.1) is 0 Å². The van der Waals surface area contributed by atoms with Crippen LogP contribution in [0.25, 0.3) is 0 Å². The van der Waals surface area contributed by atoms with E-state index in [2.05, 4.69) is 0 Å². The molecule has 0 aromatic carbocycles. The van der Waals surface area contributed by atoms with Crippen LogP contribution < -0.4 is 0 Å². The van der Waals surface area contributed by atoms with Crippen LogP contribution in [0.3, 0.4) is 0 Å². The van der Waals surface area contributed by atoms with Gasteiger partial charge in [-0.2, -0.15) is 30.7 Å². The maximum atomic E-state index is 13.3. The average Bonchev–Trinajstić information content (AvgIpc) is 2.24. The summed E-state index contributed by atoms with van der Waals surface area (Å²) < 4.78 is 88.1. The number of hydrogen-bond acceptors (Lipinski definition) is 1. The van der Waals surface area contributed by atoms with Crippen molar-refractivity contribution in [2.75, 3.05) is 13.1 Å². The first-order valence-corrected chi connectivity index (χ1v) is 5.92. The number of nitrogens with zero attached hydrogens (tertiary/aromatic N) is 1. The minimum atomic E-state index is -6.49. The van der Waals surface area contributed by atoms with Crippen molar-refractivity contribution in [1.82, 2.24) is 4.90 Å². The average molecular weight is 309 g/mol. The van der Waals surface area contributed by atoms with Crippen LogP contribution in [0, 0.1) is 11.8 Å². The molecule has 1 aliphatic heterocycles. The third-order valence-corrected chi connectivity index (χ3v) is 3.18. The predicted molar refractivity (Wildman–Crippen MR) is 55.5 cm³/mol. The molecule has 118 valence electrons. The second kappa shape index (κ2) is 5.07. The molecule has 0 radical (unpaired) electrons. The molecule has 20 heavy (non-hydrogen) atoms. The first-order valence-electron chi connectivity index (χ1n) is 5.92. The number of piperidine rings is 1. The lowest BCUT2D eigenvalue weighted by atomic mass is 9.91. The monoisotopic (exact) mass is 309 g/mol. The van der Waals surface area contributed by atoms with Crippen LogP contribution in [0.15, 0.2) is 0 Å². The van der Waals surface area contributed by atoms with Crippen molar-refractivity contribution in [3.8, 4) is 0 Å². The summed E-state index contributed by atoms with van der Waals surface area (Å²) in [6.07, 6.45) is -5.90. The van der Waals surface area contributed by atoms with Crippen LogP contribution in [0.4, 0.5) is 30.7 Å². The summed E-state index contributed by atoms with van der Waals surface area (Å²) in [5.41, 5.74) is 0. The quantitative estimate of drug-likeness (QED) is 0.717. The minimum Gasteiger partial charge on any atom is -0.337 e. The summed E-state index contributed by atoms with van der Waals surface area (Å²) in [5.74, 6) is -15.1. The second-order valence-electron chi connectivity index (χ2n) is 5.30. The summed E-state index contributed by atoms with van der Waals surface area (Å²) >= 11 is 0. The molecule has 1 fully saturated rings. The number of hydrogen-bond donors (Lipinski definition) is 0. The fourth-order valence-electron chi connectivity index (χ4n) is 2.34. The zero-order valence-electron chi connectivity index (χ0n) is 10.8. The number of halogens is 7. The molecule has 2 nitrogen and oxygen atoms in total. The van der Waals surface area contributed by atoms with Crippen LogP contribution in [0.2, 0.25) is 0 Å². The molecule has 1 saturated heterocycles. The predicted octanol–water partition coefficient (Wildman–Crippen LogP) is 3.32. The maximum Gasteiger partial charge on any atom is 0.460 e. The lowest BCUT2D eigenvalue weighted by Crippen LogP contribution is -2.61. The lowest BCUT2D eigenvalue weighted by Gasteiger charge is -2.38. The third-order valence-electron chi connectivity index (χ3n) is 3.18. The van der Waals surface area contributed by atoms with Crippen molar-refractivity contribution in [2.45, 2.75) is 38.3 Å². The second-order valence-corrected chi connectivity index (χ2v) is 5.30. The van der Waals surface area contributed by atoms with E-state index < -0.39 is 23.9 Å². The molecule has 0 N–H and O–H groups in total. The highest BCUT2D eigenvalue weighted by Gasteiger charge is 2.76. The van der Waals surface area contributed by atoms with E-state index in [1.807, 2.05) is 0 Å². The van der Waals surface area contributed by atoms with Crippen molar-refractivity contribution < 1.29 is 35.5 Å². The van der Waals surface area contributed by atoms with Crippen molar-refractivity contribution in [2.24, 2.45) is 11.8 Å². The Morgan fingerprint density at radius 3 is 1.70 bits per heavy atom. The molecule has 1 rings (SSSR count). The van der Waals surface area contributed by atoms with Gasteiger partial charge in [-0.05, 0) is 18.3 Å². The van der Waals surface area contributed by atoms with Crippen molar-refractivity contribution >= 4 is 5.91 Å². The molecular formula is C11H14F7NO. The van der Waals surface area contributed by atoms with E-state index in [9.17, 15) is 35.5 Å². The van der Waals surface area contributed by atoms with Crippen molar-refractivity contribution in [3.05, 3.63) is 0 Å². The summed E-state index contributed by atoms with van der Waals surface area (Å²) in [6.45, 7) is 2.70. The number of carbonyl (C=O) groups excluding carboxylic acids is 1. The number of amides is 1. The summed E-state index contributed by atoms with van der Waals surface area (Å²) in [5, 5.41) is 0. The maximum absolute atomic E-state index is 13.3. The van der Waals surface area contributed by atoms with Crippen LogP contribution in [0.5, 0.6) is 0 Å². The Kier molecular flexibility index (Phi) is 4.32. The minimum absolute atomic E-state index is 0.238. The van der Waals surface area contributed by atoms with E-state index in [4.69, 9.17) is 0 Å². The molecule has 2 atom stereocenters. The van der Waals surface area contributed by atoms with Crippen LogP contribution in [0.1, 0.15) is 20.3 Å². The zero-order chi connectivity index (χ0) is 15.9. The molecule has 0 aromatic heterocycles. The molecule has 9 heteroatoms. The molecular weight excluding hydrogens is 295 g/mol. The van der Waals surface area contributed by atoms with Crippen molar-refractivity contribution in [1.29, 1.82) is 0 Å². The Balaban J connectivity index is 3.00. The van der Waals surface area contributed by atoms with E-state index in [0.717, 1.165) is 0 Å². The molecule has 1 amide bonds. The highest BCUT2D eigenvalue weighted by atomic mass is 19.4. The van der Waals surface area contributed by atoms with E-state index in [0.29, 0.717) is 11.3 Å². The van der Waals surface area contributed by atoms with Gasteiger partial charge in [-0.1, -0.05) is 13.8 Å². The fourth-order valence-corrected chi connectivity index (χ4v) is 2.34. The van der Waals surface area contributed by atoms with E-state index in [-0.39, 0.29) is 24.9 Å². The molecule has 0 bridgehead atoms. The van der Waals surface area contributed by atoms with Gasteiger partial charge < -0.3 is 4.90 Å². The number of rotatable bonds is 2. The summed E-state index contributed by atoms with van der Waals surface area (Å²) in [6, 6.07) is 0. The lowest BCUT2D eigenvalue weighted by molar-refractivity contribution is -0.346. The number of alkyl halides is 7. The van der Waals surface area contributed by atoms with Gasteiger partial charge in [0.1, 0.15) is 0 Å². The largest absolute Gasteiger partial charge is 0.460 e. The first kappa shape index (κ1) is 17.0. The molecule has 0 saturated carbocycles. The Hall–Kier alpha value is -1.02. The molecule has 1 aliphatic rings. The van der Waals surface area contributed by atoms with E-state index in [1.165, 1.54) is 0 Å². The number of likely N-dealkylation sites (tertiary alicyclic amines) is 1. The van der Waals surface area contributed by atoms with Gasteiger partial charge in [-0.15, -0.1) is 0 Å². The van der Waals surface area contributed by atoms with E-state index in [1.54, 1.807) is 13.8 Å².